The molecule has 1 aliphatic rings. The van der Waals surface area contributed by atoms with Crippen molar-refractivity contribution < 1.29 is 29.1 Å². The molecular formula is C26H48O6. The van der Waals surface area contributed by atoms with Crippen molar-refractivity contribution in [3.8, 4) is 0 Å². The van der Waals surface area contributed by atoms with Crippen LogP contribution in [0, 0.1) is 16.2 Å². The zero-order chi connectivity index (χ0) is 24.3. The van der Waals surface area contributed by atoms with Gasteiger partial charge in [0.1, 0.15) is 5.41 Å². The molecule has 1 heterocycles. The Morgan fingerprint density at radius 2 is 1.09 bits per heavy atom. The molecule has 0 N–H and O–H groups in total. The van der Waals surface area contributed by atoms with Crippen molar-refractivity contribution in [3.63, 3.8) is 0 Å². The van der Waals surface area contributed by atoms with E-state index in [1.807, 2.05) is 0 Å². The highest BCUT2D eigenvalue weighted by molar-refractivity contribution is 5.80. The first kappa shape index (κ1) is 28.9. The summed E-state index contributed by atoms with van der Waals surface area (Å²) in [5, 5.41) is 0. The van der Waals surface area contributed by atoms with Gasteiger partial charge >= 0.3 is 11.9 Å². The van der Waals surface area contributed by atoms with Crippen LogP contribution in [0.2, 0.25) is 0 Å². The first-order valence-corrected chi connectivity index (χ1v) is 12.9. The van der Waals surface area contributed by atoms with Crippen LogP contribution in [0.3, 0.4) is 0 Å². The Balaban J connectivity index is 3.18. The van der Waals surface area contributed by atoms with Crippen LogP contribution in [0.25, 0.3) is 0 Å². The van der Waals surface area contributed by atoms with Gasteiger partial charge in [0.05, 0.1) is 5.41 Å². The summed E-state index contributed by atoms with van der Waals surface area (Å²) in [6.45, 7) is 14.1. The molecule has 0 aromatic carbocycles. The van der Waals surface area contributed by atoms with Crippen molar-refractivity contribution in [2.75, 3.05) is 0 Å². The van der Waals surface area contributed by atoms with Gasteiger partial charge in [-0.3, -0.25) is 0 Å². The van der Waals surface area contributed by atoms with Crippen LogP contribution >= 0.6 is 0 Å². The molecule has 6 heteroatoms. The average Bonchev–Trinajstić information content (AvgIpc) is 3.63. The molecule has 0 bridgehead atoms. The van der Waals surface area contributed by atoms with Crippen molar-refractivity contribution in [2.45, 2.75) is 138 Å². The zero-order valence-electron chi connectivity index (χ0n) is 21.7. The lowest BCUT2D eigenvalue weighted by Gasteiger charge is -2.48. The minimum Gasteiger partial charge on any atom is -0.247 e. The molecule has 1 saturated heterocycles. The smallest absolute Gasteiger partial charge is 0.247 e. The van der Waals surface area contributed by atoms with E-state index >= 15 is 0 Å². The van der Waals surface area contributed by atoms with E-state index in [1.54, 1.807) is 13.8 Å². The fourth-order valence-corrected chi connectivity index (χ4v) is 4.70. The molecule has 0 saturated carbocycles. The van der Waals surface area contributed by atoms with Gasteiger partial charge in [0.25, 0.3) is 0 Å². The molecule has 32 heavy (non-hydrogen) atoms. The van der Waals surface area contributed by atoms with E-state index < -0.39 is 29.1 Å². The topological polar surface area (TPSA) is 77.7 Å². The van der Waals surface area contributed by atoms with E-state index in [0.29, 0.717) is 0 Å². The van der Waals surface area contributed by atoms with E-state index in [1.165, 1.54) is 0 Å². The minimum absolute atomic E-state index is 0.162. The number of carbonyl (C=O) groups is 2. The van der Waals surface area contributed by atoms with Crippen molar-refractivity contribution >= 4 is 11.9 Å². The Hall–Kier alpha value is -1.14. The van der Waals surface area contributed by atoms with Gasteiger partial charge in [-0.25, -0.2) is 19.4 Å². The SMILES string of the molecule is CCCCCC(C)(C(=O)OOC(=O)C(C)(C)C1OO1)C(CCCC)(CCCC)CCCC. The molecule has 0 radical (unpaired) electrons. The molecule has 0 spiro atoms. The molecule has 1 fully saturated rings. The summed E-state index contributed by atoms with van der Waals surface area (Å²) in [4.78, 5) is 46.1. The molecule has 1 rings (SSSR count). The minimum atomic E-state index is -1.04. The van der Waals surface area contributed by atoms with Crippen LogP contribution in [0.15, 0.2) is 0 Å². The maximum absolute atomic E-state index is 13.7. The quantitative estimate of drug-likeness (QED) is 0.0979. The van der Waals surface area contributed by atoms with Crippen LogP contribution in [0.4, 0.5) is 0 Å². The van der Waals surface area contributed by atoms with Crippen LogP contribution in [0.1, 0.15) is 132 Å². The fraction of sp³-hybridized carbons (Fsp3) is 0.923. The molecule has 0 aliphatic carbocycles. The number of hydrogen-bond acceptors (Lipinski definition) is 6. The molecule has 1 atom stereocenters. The van der Waals surface area contributed by atoms with Crippen molar-refractivity contribution in [2.24, 2.45) is 16.2 Å². The first-order valence-electron chi connectivity index (χ1n) is 12.9. The van der Waals surface area contributed by atoms with Gasteiger partial charge in [-0.15, -0.1) is 0 Å². The van der Waals surface area contributed by atoms with Gasteiger partial charge in [-0.05, 0) is 51.9 Å². The average molecular weight is 457 g/mol. The number of unbranched alkanes of at least 4 members (excludes halogenated alkanes) is 5. The zero-order valence-corrected chi connectivity index (χ0v) is 21.7. The van der Waals surface area contributed by atoms with Gasteiger partial charge in [0, 0.05) is 0 Å². The molecule has 188 valence electrons. The molecule has 6 nitrogen and oxygen atoms in total. The van der Waals surface area contributed by atoms with Crippen LogP contribution in [-0.2, 0) is 29.1 Å². The predicted molar refractivity (Wildman–Crippen MR) is 125 cm³/mol. The molecule has 0 aromatic rings. The van der Waals surface area contributed by atoms with Gasteiger partial charge in [0.2, 0.25) is 6.29 Å². The van der Waals surface area contributed by atoms with E-state index in [0.717, 1.165) is 83.5 Å². The highest BCUT2D eigenvalue weighted by Crippen LogP contribution is 2.54. The largest absolute Gasteiger partial charge is 0.366 e. The maximum Gasteiger partial charge on any atom is 0.366 e. The normalized spacial score (nSPS) is 16.5. The summed E-state index contributed by atoms with van der Waals surface area (Å²) in [6, 6.07) is 0. The van der Waals surface area contributed by atoms with E-state index in [-0.39, 0.29) is 5.41 Å². The third kappa shape index (κ3) is 7.44. The first-order chi connectivity index (χ1) is 15.1. The summed E-state index contributed by atoms with van der Waals surface area (Å²) >= 11 is 0. The Kier molecular flexibility index (Phi) is 12.2. The second-order valence-corrected chi connectivity index (χ2v) is 10.4. The summed E-state index contributed by atoms with van der Waals surface area (Å²) in [5.41, 5.74) is -1.91. The molecule has 1 aliphatic heterocycles. The highest BCUT2D eigenvalue weighted by Gasteiger charge is 2.54. The van der Waals surface area contributed by atoms with Crippen molar-refractivity contribution in [3.05, 3.63) is 0 Å². The van der Waals surface area contributed by atoms with Crippen LogP contribution in [0.5, 0.6) is 0 Å². The Labute approximate surface area is 195 Å². The van der Waals surface area contributed by atoms with Gasteiger partial charge in [-0.2, -0.15) is 9.78 Å². The molecular weight excluding hydrogens is 408 g/mol. The summed E-state index contributed by atoms with van der Waals surface area (Å²) in [6.07, 6.45) is 12.7. The highest BCUT2D eigenvalue weighted by atomic mass is 17.4. The van der Waals surface area contributed by atoms with Crippen molar-refractivity contribution in [1.82, 2.24) is 0 Å². The summed E-state index contributed by atoms with van der Waals surface area (Å²) in [7, 11) is 0. The van der Waals surface area contributed by atoms with Crippen molar-refractivity contribution in [1.29, 1.82) is 0 Å². The van der Waals surface area contributed by atoms with Gasteiger partial charge < -0.3 is 0 Å². The number of carbonyl (C=O) groups excluding carboxylic acids is 2. The van der Waals surface area contributed by atoms with Crippen LogP contribution in [-0.4, -0.2) is 18.2 Å². The number of rotatable bonds is 17. The Bertz CT molecular complexity index is 547. The lowest BCUT2D eigenvalue weighted by molar-refractivity contribution is -0.278. The Morgan fingerprint density at radius 3 is 1.50 bits per heavy atom. The third-order valence-electron chi connectivity index (χ3n) is 7.43. The van der Waals surface area contributed by atoms with Crippen LogP contribution < -0.4 is 0 Å². The molecule has 1 unspecified atom stereocenters. The second kappa shape index (κ2) is 13.5. The summed E-state index contributed by atoms with van der Waals surface area (Å²) < 4.78 is 0. The Morgan fingerprint density at radius 1 is 0.656 bits per heavy atom. The predicted octanol–water partition coefficient (Wildman–Crippen LogP) is 7.45. The monoisotopic (exact) mass is 456 g/mol. The second-order valence-electron chi connectivity index (χ2n) is 10.4. The fourth-order valence-electron chi connectivity index (χ4n) is 4.70. The third-order valence-corrected chi connectivity index (χ3v) is 7.43. The lowest BCUT2D eigenvalue weighted by atomic mass is 9.55. The standard InChI is InChI=1S/C26H48O6/c1-8-12-16-17-25(7,22(28)30-29-21(27)24(5,6)23-31-32-23)26(18-13-9-2,19-14-10-3)20-15-11-4/h23H,8-20H2,1-7H3. The van der Waals surface area contributed by atoms with E-state index in [4.69, 9.17) is 19.6 Å². The molecule has 0 aromatic heterocycles. The summed E-state index contributed by atoms with van der Waals surface area (Å²) in [5.74, 6) is -1.08. The van der Waals surface area contributed by atoms with E-state index in [2.05, 4.69) is 34.6 Å². The van der Waals surface area contributed by atoms with Gasteiger partial charge in [-0.1, -0.05) is 85.5 Å². The number of hydrogen-bond donors (Lipinski definition) is 0. The molecule has 0 amide bonds. The van der Waals surface area contributed by atoms with E-state index in [9.17, 15) is 9.59 Å². The lowest BCUT2D eigenvalue weighted by Crippen LogP contribution is -2.47. The van der Waals surface area contributed by atoms with Gasteiger partial charge in [0.15, 0.2) is 0 Å². The maximum atomic E-state index is 13.7.